The Kier molecular flexibility index (Phi) is 4.67. The summed E-state index contributed by atoms with van der Waals surface area (Å²) in [6.07, 6.45) is 0.357. The predicted octanol–water partition coefficient (Wildman–Crippen LogP) is 2.69. The van der Waals surface area contributed by atoms with Crippen molar-refractivity contribution < 1.29 is 14.7 Å². The molecule has 1 aromatic carbocycles. The smallest absolute Gasteiger partial charge is 0.326 e. The lowest BCUT2D eigenvalue weighted by molar-refractivity contribution is -0.142. The van der Waals surface area contributed by atoms with Gasteiger partial charge in [0.25, 0.3) is 0 Å². The monoisotopic (exact) mass is 352 g/mol. The first kappa shape index (κ1) is 15.6. The highest BCUT2D eigenvalue weighted by Crippen LogP contribution is 2.30. The van der Waals surface area contributed by atoms with Gasteiger partial charge in [0.05, 0.1) is 0 Å². The van der Waals surface area contributed by atoms with Crippen molar-refractivity contribution in [3.63, 3.8) is 0 Å². The highest BCUT2D eigenvalue weighted by Gasteiger charge is 2.19. The normalized spacial score (nSPS) is 12.3. The van der Waals surface area contributed by atoms with Gasteiger partial charge >= 0.3 is 5.97 Å². The Morgan fingerprint density at radius 1 is 1.38 bits per heavy atom. The van der Waals surface area contributed by atoms with Crippen LogP contribution >= 0.6 is 15.9 Å². The van der Waals surface area contributed by atoms with Crippen LogP contribution in [0.15, 0.2) is 28.7 Å². The van der Waals surface area contributed by atoms with Gasteiger partial charge in [0, 0.05) is 21.1 Å². The number of fused-ring (bicyclic) bond motifs is 1. The quantitative estimate of drug-likeness (QED) is 0.868. The molecule has 0 fully saturated rings. The fourth-order valence-corrected chi connectivity index (χ4v) is 2.86. The summed E-state index contributed by atoms with van der Waals surface area (Å²) >= 11 is 3.53. The van der Waals surface area contributed by atoms with Gasteiger partial charge in [-0.2, -0.15) is 0 Å². The SMILES string of the molecule is CCC(NC(=O)Cn1c(C)c(Br)c2ccccc21)C(=O)O. The molecule has 1 heterocycles. The van der Waals surface area contributed by atoms with E-state index in [1.165, 1.54) is 0 Å². The zero-order valence-electron chi connectivity index (χ0n) is 11.9. The van der Waals surface area contributed by atoms with Crippen LogP contribution < -0.4 is 5.32 Å². The van der Waals surface area contributed by atoms with Gasteiger partial charge in [-0.15, -0.1) is 0 Å². The van der Waals surface area contributed by atoms with E-state index in [2.05, 4.69) is 21.2 Å². The van der Waals surface area contributed by atoms with Gasteiger partial charge in [0.1, 0.15) is 12.6 Å². The second kappa shape index (κ2) is 6.30. The molecule has 0 spiro atoms. The van der Waals surface area contributed by atoms with E-state index in [0.717, 1.165) is 21.1 Å². The molecule has 112 valence electrons. The van der Waals surface area contributed by atoms with Crippen LogP contribution in [0, 0.1) is 6.92 Å². The molecule has 0 aliphatic carbocycles. The molecule has 2 rings (SSSR count). The number of carboxylic acids is 1. The van der Waals surface area contributed by atoms with Gasteiger partial charge < -0.3 is 15.0 Å². The second-order valence-corrected chi connectivity index (χ2v) is 5.66. The Morgan fingerprint density at radius 3 is 2.67 bits per heavy atom. The van der Waals surface area contributed by atoms with Crippen molar-refractivity contribution in [1.29, 1.82) is 0 Å². The standard InChI is InChI=1S/C15H17BrN2O3/c1-3-11(15(20)21)17-13(19)8-18-9(2)14(16)10-6-4-5-7-12(10)18/h4-7,11H,3,8H2,1-2H3,(H,17,19)(H,20,21). The fraction of sp³-hybridized carbons (Fsp3) is 0.333. The van der Waals surface area contributed by atoms with Gasteiger partial charge in [-0.05, 0) is 35.3 Å². The van der Waals surface area contributed by atoms with Crippen LogP contribution in [0.2, 0.25) is 0 Å². The van der Waals surface area contributed by atoms with E-state index >= 15 is 0 Å². The topological polar surface area (TPSA) is 71.3 Å². The summed E-state index contributed by atoms with van der Waals surface area (Å²) in [6.45, 7) is 3.75. The zero-order chi connectivity index (χ0) is 15.6. The number of hydrogen-bond acceptors (Lipinski definition) is 2. The molecule has 1 aromatic heterocycles. The van der Waals surface area contributed by atoms with E-state index < -0.39 is 12.0 Å². The molecule has 1 unspecified atom stereocenters. The van der Waals surface area contributed by atoms with Crippen LogP contribution in [-0.2, 0) is 16.1 Å². The van der Waals surface area contributed by atoms with Crippen LogP contribution in [0.5, 0.6) is 0 Å². The highest BCUT2D eigenvalue weighted by atomic mass is 79.9. The minimum atomic E-state index is -1.01. The maximum atomic E-state index is 12.1. The number of nitrogens with one attached hydrogen (secondary N) is 1. The number of aliphatic carboxylic acids is 1. The van der Waals surface area contributed by atoms with Crippen molar-refractivity contribution in [3.8, 4) is 0 Å². The van der Waals surface area contributed by atoms with Crippen molar-refractivity contribution >= 4 is 38.7 Å². The molecule has 2 aromatic rings. The number of carbonyl (C=O) groups excluding carboxylic acids is 1. The molecule has 0 radical (unpaired) electrons. The van der Waals surface area contributed by atoms with Gasteiger partial charge in [-0.25, -0.2) is 4.79 Å². The average Bonchev–Trinajstić information content (AvgIpc) is 2.70. The number of benzene rings is 1. The molecule has 0 aliphatic rings. The van der Waals surface area contributed by atoms with E-state index in [4.69, 9.17) is 5.11 Å². The summed E-state index contributed by atoms with van der Waals surface area (Å²) < 4.78 is 2.83. The van der Waals surface area contributed by atoms with E-state index in [0.29, 0.717) is 6.42 Å². The summed E-state index contributed by atoms with van der Waals surface area (Å²) in [5.74, 6) is -1.32. The predicted molar refractivity (Wildman–Crippen MR) is 84.2 cm³/mol. The third-order valence-electron chi connectivity index (χ3n) is 3.50. The molecule has 0 saturated heterocycles. The summed E-state index contributed by atoms with van der Waals surface area (Å²) in [7, 11) is 0. The van der Waals surface area contributed by atoms with Gasteiger partial charge in [0.15, 0.2) is 0 Å². The van der Waals surface area contributed by atoms with Crippen molar-refractivity contribution in [1.82, 2.24) is 9.88 Å². The Bertz CT molecular complexity index is 694. The number of nitrogens with zero attached hydrogens (tertiary/aromatic N) is 1. The van der Waals surface area contributed by atoms with Crippen molar-refractivity contribution in [2.24, 2.45) is 0 Å². The fourth-order valence-electron chi connectivity index (χ4n) is 2.31. The molecule has 0 saturated carbocycles. The lowest BCUT2D eigenvalue weighted by Crippen LogP contribution is -2.41. The molecular weight excluding hydrogens is 336 g/mol. The first-order valence-corrected chi connectivity index (χ1v) is 7.50. The molecular formula is C15H17BrN2O3. The Labute approximate surface area is 131 Å². The Morgan fingerprint density at radius 2 is 2.05 bits per heavy atom. The number of amides is 1. The molecule has 1 atom stereocenters. The van der Waals surface area contributed by atoms with Gasteiger partial charge in [-0.1, -0.05) is 25.1 Å². The van der Waals surface area contributed by atoms with Gasteiger partial charge in [0.2, 0.25) is 5.91 Å². The summed E-state index contributed by atoms with van der Waals surface area (Å²) in [5.41, 5.74) is 1.88. The summed E-state index contributed by atoms with van der Waals surface area (Å²) in [5, 5.41) is 12.6. The van der Waals surface area contributed by atoms with Crippen LogP contribution in [0.1, 0.15) is 19.0 Å². The van der Waals surface area contributed by atoms with E-state index in [1.54, 1.807) is 6.92 Å². The maximum absolute atomic E-state index is 12.1. The molecule has 5 nitrogen and oxygen atoms in total. The van der Waals surface area contributed by atoms with E-state index in [1.807, 2.05) is 35.8 Å². The number of aromatic nitrogens is 1. The van der Waals surface area contributed by atoms with Crippen LogP contribution in [-0.4, -0.2) is 27.6 Å². The largest absolute Gasteiger partial charge is 0.480 e. The number of carboxylic acid groups (broad SMARTS) is 1. The molecule has 6 heteroatoms. The molecule has 0 bridgehead atoms. The first-order valence-electron chi connectivity index (χ1n) is 6.71. The van der Waals surface area contributed by atoms with Crippen LogP contribution in [0.25, 0.3) is 10.9 Å². The number of halogens is 1. The minimum Gasteiger partial charge on any atom is -0.480 e. The molecule has 0 aliphatic heterocycles. The second-order valence-electron chi connectivity index (χ2n) is 4.87. The third kappa shape index (κ3) is 3.10. The van der Waals surface area contributed by atoms with Crippen LogP contribution in [0.3, 0.4) is 0 Å². The van der Waals surface area contributed by atoms with Crippen LogP contribution in [0.4, 0.5) is 0 Å². The molecule has 1 amide bonds. The summed E-state index contributed by atoms with van der Waals surface area (Å²) in [6, 6.07) is 6.92. The van der Waals surface area contributed by atoms with E-state index in [-0.39, 0.29) is 12.5 Å². The van der Waals surface area contributed by atoms with Crippen molar-refractivity contribution in [2.45, 2.75) is 32.9 Å². The number of hydrogen-bond donors (Lipinski definition) is 2. The Hall–Kier alpha value is -1.82. The minimum absolute atomic E-state index is 0.0989. The number of para-hydroxylation sites is 1. The lowest BCUT2D eigenvalue weighted by Gasteiger charge is -2.14. The molecule has 2 N–H and O–H groups in total. The van der Waals surface area contributed by atoms with Crippen molar-refractivity contribution in [2.75, 3.05) is 0 Å². The van der Waals surface area contributed by atoms with E-state index in [9.17, 15) is 9.59 Å². The zero-order valence-corrected chi connectivity index (χ0v) is 13.5. The highest BCUT2D eigenvalue weighted by molar-refractivity contribution is 9.10. The van der Waals surface area contributed by atoms with Crippen molar-refractivity contribution in [3.05, 3.63) is 34.4 Å². The average molecular weight is 353 g/mol. The Balaban J connectivity index is 2.26. The lowest BCUT2D eigenvalue weighted by atomic mass is 10.2. The maximum Gasteiger partial charge on any atom is 0.326 e. The first-order chi connectivity index (χ1) is 9.95. The molecule has 21 heavy (non-hydrogen) atoms. The number of carbonyl (C=O) groups is 2. The van der Waals surface area contributed by atoms with Gasteiger partial charge in [-0.3, -0.25) is 4.79 Å². The third-order valence-corrected chi connectivity index (χ3v) is 4.50. The number of rotatable bonds is 5. The summed E-state index contributed by atoms with van der Waals surface area (Å²) in [4.78, 5) is 23.1.